The number of terminal acetylenes is 1. The summed E-state index contributed by atoms with van der Waals surface area (Å²) in [6.45, 7) is -0.326. The van der Waals surface area contributed by atoms with Gasteiger partial charge in [-0.15, -0.1) is 6.42 Å². The third-order valence-electron chi connectivity index (χ3n) is 3.00. The van der Waals surface area contributed by atoms with Gasteiger partial charge in [-0.05, 0) is 18.2 Å². The van der Waals surface area contributed by atoms with Crippen LogP contribution < -0.4 is 9.47 Å². The molecule has 0 aliphatic heterocycles. The molecular weight excluding hydrogens is 382 g/mol. The van der Waals surface area contributed by atoms with E-state index in [1.807, 2.05) is 0 Å². The van der Waals surface area contributed by atoms with Crippen molar-refractivity contribution in [3.8, 4) is 29.6 Å². The summed E-state index contributed by atoms with van der Waals surface area (Å²) in [6, 6.07) is 3.60. The molecule has 0 spiro atoms. The van der Waals surface area contributed by atoms with E-state index < -0.39 is 38.9 Å². The van der Waals surface area contributed by atoms with Gasteiger partial charge in [0.1, 0.15) is 12.4 Å². The molecule has 0 fully saturated rings. The van der Waals surface area contributed by atoms with Crippen LogP contribution in [0.15, 0.2) is 30.3 Å². The minimum Gasteiger partial charge on any atom is -0.474 e. The largest absolute Gasteiger partial charge is 0.474 e. The molecule has 0 radical (unpaired) electrons. The number of nitro groups is 1. The highest BCUT2D eigenvalue weighted by Gasteiger charge is 2.31. The van der Waals surface area contributed by atoms with E-state index in [0.29, 0.717) is 18.2 Å². The standard InChI is InChI=1S/C16H8ClF4NO4/c1-2-5-25-15-8-14(11(18)7-12(15)22(23)24)26-13-4-3-9(6-10(13)17)16(19,20)21/h1,3-4,6-8H,5H2. The van der Waals surface area contributed by atoms with Gasteiger partial charge in [0, 0.05) is 6.07 Å². The molecule has 0 atom stereocenters. The summed E-state index contributed by atoms with van der Waals surface area (Å²) < 4.78 is 62.0. The molecule has 2 aromatic carbocycles. The average Bonchev–Trinajstić information content (AvgIpc) is 2.55. The first-order valence-electron chi connectivity index (χ1n) is 6.72. The van der Waals surface area contributed by atoms with E-state index in [9.17, 15) is 27.7 Å². The molecule has 0 bridgehead atoms. The van der Waals surface area contributed by atoms with Gasteiger partial charge in [-0.2, -0.15) is 13.2 Å². The number of halogens is 5. The SMILES string of the molecule is C#CCOc1cc(Oc2ccc(C(F)(F)F)cc2Cl)c(F)cc1[N+](=O)[O-]. The van der Waals surface area contributed by atoms with Crippen LogP contribution in [0.5, 0.6) is 17.2 Å². The third kappa shape index (κ3) is 4.34. The molecule has 0 saturated carbocycles. The molecule has 2 rings (SSSR count). The lowest BCUT2D eigenvalue weighted by molar-refractivity contribution is -0.386. The van der Waals surface area contributed by atoms with Gasteiger partial charge < -0.3 is 9.47 Å². The van der Waals surface area contributed by atoms with Crippen LogP contribution in [0.2, 0.25) is 5.02 Å². The summed E-state index contributed by atoms with van der Waals surface area (Å²) in [5, 5.41) is 10.5. The van der Waals surface area contributed by atoms with Crippen molar-refractivity contribution in [3.05, 3.63) is 56.8 Å². The molecule has 10 heteroatoms. The van der Waals surface area contributed by atoms with Crippen LogP contribution in [0.25, 0.3) is 0 Å². The molecule has 0 amide bonds. The van der Waals surface area contributed by atoms with Crippen molar-refractivity contribution in [2.45, 2.75) is 6.18 Å². The second-order valence-electron chi connectivity index (χ2n) is 4.75. The number of hydrogen-bond donors (Lipinski definition) is 0. The van der Waals surface area contributed by atoms with Crippen molar-refractivity contribution in [2.75, 3.05) is 6.61 Å². The van der Waals surface area contributed by atoms with Gasteiger partial charge in [0.15, 0.2) is 11.6 Å². The lowest BCUT2D eigenvalue weighted by Crippen LogP contribution is -2.04. The van der Waals surface area contributed by atoms with Crippen LogP contribution >= 0.6 is 11.6 Å². The Morgan fingerprint density at radius 1 is 1.19 bits per heavy atom. The molecule has 2 aromatic rings. The Kier molecular flexibility index (Phi) is 5.57. The number of ether oxygens (including phenoxy) is 2. The molecule has 0 heterocycles. The van der Waals surface area contributed by atoms with E-state index in [0.717, 1.165) is 12.1 Å². The van der Waals surface area contributed by atoms with E-state index in [1.165, 1.54) is 0 Å². The minimum absolute atomic E-state index is 0.282. The highest BCUT2D eigenvalue weighted by molar-refractivity contribution is 6.32. The van der Waals surface area contributed by atoms with E-state index >= 15 is 0 Å². The van der Waals surface area contributed by atoms with Crippen molar-refractivity contribution >= 4 is 17.3 Å². The van der Waals surface area contributed by atoms with Crippen molar-refractivity contribution < 1.29 is 32.0 Å². The Morgan fingerprint density at radius 2 is 1.88 bits per heavy atom. The van der Waals surface area contributed by atoms with Crippen molar-refractivity contribution in [2.24, 2.45) is 0 Å². The molecule has 0 N–H and O–H groups in total. The van der Waals surface area contributed by atoms with Crippen molar-refractivity contribution in [1.82, 2.24) is 0 Å². The lowest BCUT2D eigenvalue weighted by atomic mass is 10.2. The van der Waals surface area contributed by atoms with E-state index in [1.54, 1.807) is 0 Å². The number of nitrogens with zero attached hydrogens (tertiary/aromatic N) is 1. The summed E-state index contributed by atoms with van der Waals surface area (Å²) >= 11 is 5.73. The lowest BCUT2D eigenvalue weighted by Gasteiger charge is -2.12. The summed E-state index contributed by atoms with van der Waals surface area (Å²) in [7, 11) is 0. The smallest absolute Gasteiger partial charge is 0.416 e. The van der Waals surface area contributed by atoms with E-state index in [2.05, 4.69) is 5.92 Å². The summed E-state index contributed by atoms with van der Waals surface area (Å²) in [4.78, 5) is 10.0. The summed E-state index contributed by atoms with van der Waals surface area (Å²) in [5.41, 5.74) is -1.71. The van der Waals surface area contributed by atoms with E-state index in [4.69, 9.17) is 27.5 Å². The molecule has 136 valence electrons. The molecule has 0 saturated heterocycles. The molecular formula is C16H8ClF4NO4. The number of rotatable bonds is 5. The van der Waals surface area contributed by atoms with Gasteiger partial charge in [0.2, 0.25) is 5.75 Å². The number of nitro benzene ring substituents is 1. The second-order valence-corrected chi connectivity index (χ2v) is 5.15. The zero-order valence-electron chi connectivity index (χ0n) is 12.6. The maximum Gasteiger partial charge on any atom is 0.416 e. The number of alkyl halides is 3. The van der Waals surface area contributed by atoms with E-state index in [-0.39, 0.29) is 18.1 Å². The van der Waals surface area contributed by atoms with Gasteiger partial charge in [-0.3, -0.25) is 10.1 Å². The van der Waals surface area contributed by atoms with Gasteiger partial charge in [0.05, 0.1) is 21.6 Å². The Morgan fingerprint density at radius 3 is 2.42 bits per heavy atom. The fourth-order valence-corrected chi connectivity index (χ4v) is 2.08. The van der Waals surface area contributed by atoms with Gasteiger partial charge in [-0.1, -0.05) is 17.5 Å². The maximum absolute atomic E-state index is 14.1. The highest BCUT2D eigenvalue weighted by Crippen LogP contribution is 2.39. The Labute approximate surface area is 149 Å². The Bertz CT molecular complexity index is 893. The quantitative estimate of drug-likeness (QED) is 0.305. The zero-order chi connectivity index (χ0) is 19.5. The summed E-state index contributed by atoms with van der Waals surface area (Å²) in [6.07, 6.45) is 0.390. The predicted molar refractivity (Wildman–Crippen MR) is 83.9 cm³/mol. The van der Waals surface area contributed by atoms with Gasteiger partial charge >= 0.3 is 11.9 Å². The predicted octanol–water partition coefficient (Wildman–Crippen LogP) is 5.21. The number of benzene rings is 2. The van der Waals surface area contributed by atoms with Crippen LogP contribution in [0, 0.1) is 28.3 Å². The Balaban J connectivity index is 2.40. The zero-order valence-corrected chi connectivity index (χ0v) is 13.4. The maximum atomic E-state index is 14.1. The first-order valence-corrected chi connectivity index (χ1v) is 7.10. The topological polar surface area (TPSA) is 61.6 Å². The first-order chi connectivity index (χ1) is 12.1. The fraction of sp³-hybridized carbons (Fsp3) is 0.125. The minimum atomic E-state index is -4.61. The van der Waals surface area contributed by atoms with Crippen molar-refractivity contribution in [1.29, 1.82) is 0 Å². The molecule has 0 unspecified atom stereocenters. The first kappa shape index (κ1) is 19.3. The molecule has 0 aliphatic carbocycles. The van der Waals surface area contributed by atoms with Crippen molar-refractivity contribution in [3.63, 3.8) is 0 Å². The molecule has 0 aromatic heterocycles. The Hall–Kier alpha value is -2.99. The van der Waals surface area contributed by atoms with Crippen LogP contribution in [-0.4, -0.2) is 11.5 Å². The van der Waals surface area contributed by atoms with Crippen LogP contribution in [0.4, 0.5) is 23.2 Å². The molecule has 0 aliphatic rings. The molecule has 26 heavy (non-hydrogen) atoms. The number of hydrogen-bond acceptors (Lipinski definition) is 4. The van der Waals surface area contributed by atoms with Crippen LogP contribution in [0.1, 0.15) is 5.56 Å². The van der Waals surface area contributed by atoms with Crippen LogP contribution in [0.3, 0.4) is 0 Å². The normalized spacial score (nSPS) is 10.9. The summed E-state index contributed by atoms with van der Waals surface area (Å²) in [5.74, 6) is -0.238. The van der Waals surface area contributed by atoms with Gasteiger partial charge in [0.25, 0.3) is 0 Å². The molecule has 5 nitrogen and oxygen atoms in total. The third-order valence-corrected chi connectivity index (χ3v) is 3.30. The van der Waals surface area contributed by atoms with Gasteiger partial charge in [-0.25, -0.2) is 4.39 Å². The monoisotopic (exact) mass is 389 g/mol. The average molecular weight is 390 g/mol. The van der Waals surface area contributed by atoms with Crippen LogP contribution in [-0.2, 0) is 6.18 Å². The second kappa shape index (κ2) is 7.49. The fourth-order valence-electron chi connectivity index (χ4n) is 1.86. The highest BCUT2D eigenvalue weighted by atomic mass is 35.5.